The van der Waals surface area contributed by atoms with Crippen LogP contribution in [-0.4, -0.2) is 37.0 Å². The van der Waals surface area contributed by atoms with E-state index in [1.807, 2.05) is 0 Å². The van der Waals surface area contributed by atoms with E-state index in [1.165, 1.54) is 30.6 Å². The van der Waals surface area contributed by atoms with Gasteiger partial charge in [-0.15, -0.1) is 0 Å². The summed E-state index contributed by atoms with van der Waals surface area (Å²) < 4.78 is 0. The summed E-state index contributed by atoms with van der Waals surface area (Å²) in [6.07, 6.45) is 3.22. The smallest absolute Gasteiger partial charge is 0.193 e. The summed E-state index contributed by atoms with van der Waals surface area (Å²) in [5.74, 6) is 1.92. The van der Waals surface area contributed by atoms with Crippen molar-refractivity contribution in [2.75, 3.05) is 31.5 Å². The van der Waals surface area contributed by atoms with Crippen molar-refractivity contribution < 1.29 is 0 Å². The first-order chi connectivity index (χ1) is 11.5. The van der Waals surface area contributed by atoms with E-state index in [1.54, 1.807) is 0 Å². The fourth-order valence-corrected chi connectivity index (χ4v) is 3.54. The number of nitrogens with zero attached hydrogens (tertiary/aromatic N) is 2. The first kappa shape index (κ1) is 18.8. The third-order valence-corrected chi connectivity index (χ3v) is 4.77. The molecule has 0 saturated carbocycles. The normalized spacial score (nSPS) is 19.2. The Morgan fingerprint density at radius 3 is 2.54 bits per heavy atom. The second-order valence-corrected chi connectivity index (χ2v) is 7.32. The molecule has 4 heteroatoms. The Hall–Kier alpha value is -1.55. The van der Waals surface area contributed by atoms with Crippen molar-refractivity contribution in [3.05, 3.63) is 29.3 Å². The molecule has 1 saturated heterocycles. The van der Waals surface area contributed by atoms with E-state index < -0.39 is 0 Å². The van der Waals surface area contributed by atoms with Crippen LogP contribution in [0.5, 0.6) is 0 Å². The van der Waals surface area contributed by atoms with Crippen LogP contribution in [0.3, 0.4) is 0 Å². The molecule has 0 aromatic heterocycles. The van der Waals surface area contributed by atoms with E-state index in [-0.39, 0.29) is 0 Å². The highest BCUT2D eigenvalue weighted by Gasteiger charge is 2.22. The molecule has 1 atom stereocenters. The monoisotopic (exact) mass is 330 g/mol. The maximum Gasteiger partial charge on any atom is 0.193 e. The van der Waals surface area contributed by atoms with Crippen molar-refractivity contribution in [2.45, 2.75) is 47.0 Å². The molecule has 1 aromatic rings. The molecule has 0 amide bonds. The number of para-hydroxylation sites is 1. The second kappa shape index (κ2) is 9.07. The zero-order valence-electron chi connectivity index (χ0n) is 15.8. The standard InChI is InChI=1S/C20H34N4/c1-5-17-8-7-9-18(6-2)19(17)23-20(21)22-12-16-10-11-24(14-16)13-15(3)4/h7-9,15-16H,5-6,10-14H2,1-4H3,(H3,21,22,23). The molecule has 134 valence electrons. The molecule has 0 aliphatic carbocycles. The minimum Gasteiger partial charge on any atom is -0.370 e. The van der Waals surface area contributed by atoms with Crippen LogP contribution in [0.1, 0.15) is 45.2 Å². The van der Waals surface area contributed by atoms with Gasteiger partial charge in [0.15, 0.2) is 5.96 Å². The number of anilines is 1. The van der Waals surface area contributed by atoms with Gasteiger partial charge < -0.3 is 16.0 Å². The predicted octanol–water partition coefficient (Wildman–Crippen LogP) is 3.52. The zero-order valence-corrected chi connectivity index (χ0v) is 15.8. The molecule has 0 spiro atoms. The lowest BCUT2D eigenvalue weighted by Crippen LogP contribution is -2.27. The van der Waals surface area contributed by atoms with Gasteiger partial charge in [-0.3, -0.25) is 4.99 Å². The van der Waals surface area contributed by atoms with Crippen molar-refractivity contribution in [3.63, 3.8) is 0 Å². The van der Waals surface area contributed by atoms with Gasteiger partial charge in [0.05, 0.1) is 0 Å². The Morgan fingerprint density at radius 2 is 1.96 bits per heavy atom. The minimum atomic E-state index is 0.549. The first-order valence-electron chi connectivity index (χ1n) is 9.43. The number of rotatable bonds is 7. The third-order valence-electron chi connectivity index (χ3n) is 4.77. The van der Waals surface area contributed by atoms with Crippen LogP contribution >= 0.6 is 0 Å². The topological polar surface area (TPSA) is 53.6 Å². The fraction of sp³-hybridized carbons (Fsp3) is 0.650. The van der Waals surface area contributed by atoms with Crippen LogP contribution in [-0.2, 0) is 12.8 Å². The number of aryl methyl sites for hydroxylation is 2. The molecule has 24 heavy (non-hydrogen) atoms. The molecule has 0 bridgehead atoms. The number of likely N-dealkylation sites (tertiary alicyclic amines) is 1. The summed E-state index contributed by atoms with van der Waals surface area (Å²) in [4.78, 5) is 7.17. The van der Waals surface area contributed by atoms with Gasteiger partial charge in [-0.2, -0.15) is 0 Å². The number of nitrogens with two attached hydrogens (primary N) is 1. The van der Waals surface area contributed by atoms with Gasteiger partial charge in [0, 0.05) is 25.3 Å². The Labute approximate surface area is 147 Å². The molecular weight excluding hydrogens is 296 g/mol. The van der Waals surface area contributed by atoms with E-state index in [4.69, 9.17) is 5.73 Å². The summed E-state index contributed by atoms with van der Waals surface area (Å²) >= 11 is 0. The maximum atomic E-state index is 6.17. The van der Waals surface area contributed by atoms with Crippen molar-refractivity contribution in [1.82, 2.24) is 4.90 Å². The molecule has 3 N–H and O–H groups in total. The number of guanidine groups is 1. The fourth-order valence-electron chi connectivity index (χ4n) is 3.54. The first-order valence-corrected chi connectivity index (χ1v) is 9.43. The van der Waals surface area contributed by atoms with Crippen LogP contribution in [0.25, 0.3) is 0 Å². The highest BCUT2D eigenvalue weighted by atomic mass is 15.2. The van der Waals surface area contributed by atoms with Crippen molar-refractivity contribution in [1.29, 1.82) is 0 Å². The van der Waals surface area contributed by atoms with E-state index in [0.717, 1.165) is 37.5 Å². The third kappa shape index (κ3) is 5.23. The lowest BCUT2D eigenvalue weighted by atomic mass is 10.0. The molecule has 1 fully saturated rings. The van der Waals surface area contributed by atoms with Gasteiger partial charge in [-0.1, -0.05) is 45.9 Å². The Bertz CT molecular complexity index is 528. The van der Waals surface area contributed by atoms with E-state index in [9.17, 15) is 0 Å². The summed E-state index contributed by atoms with van der Waals surface area (Å²) in [6.45, 7) is 13.3. The number of aliphatic imine (C=N–C) groups is 1. The van der Waals surface area contributed by atoms with Gasteiger partial charge in [0.2, 0.25) is 0 Å². The highest BCUT2D eigenvalue weighted by molar-refractivity contribution is 5.93. The molecule has 1 aliphatic rings. The minimum absolute atomic E-state index is 0.549. The van der Waals surface area contributed by atoms with Gasteiger partial charge in [0.1, 0.15) is 0 Å². The number of benzene rings is 1. The summed E-state index contributed by atoms with van der Waals surface area (Å²) in [5, 5.41) is 3.36. The van der Waals surface area contributed by atoms with E-state index >= 15 is 0 Å². The molecule has 1 unspecified atom stereocenters. The summed E-state index contributed by atoms with van der Waals surface area (Å²) in [5.41, 5.74) is 9.93. The molecule has 0 radical (unpaired) electrons. The largest absolute Gasteiger partial charge is 0.370 e. The Morgan fingerprint density at radius 1 is 1.29 bits per heavy atom. The van der Waals surface area contributed by atoms with Crippen LogP contribution in [0, 0.1) is 11.8 Å². The van der Waals surface area contributed by atoms with Crippen LogP contribution in [0.2, 0.25) is 0 Å². The number of hydrogen-bond acceptors (Lipinski definition) is 2. The van der Waals surface area contributed by atoms with E-state index in [2.05, 4.69) is 61.1 Å². The Kier molecular flexibility index (Phi) is 7.10. The summed E-state index contributed by atoms with van der Waals surface area (Å²) in [7, 11) is 0. The van der Waals surface area contributed by atoms with Crippen molar-refractivity contribution >= 4 is 11.6 Å². The lowest BCUT2D eigenvalue weighted by Gasteiger charge is -2.18. The van der Waals surface area contributed by atoms with Crippen LogP contribution in [0.15, 0.2) is 23.2 Å². The van der Waals surface area contributed by atoms with Crippen molar-refractivity contribution in [3.8, 4) is 0 Å². The van der Waals surface area contributed by atoms with Gasteiger partial charge in [-0.05, 0) is 48.8 Å². The average molecular weight is 331 g/mol. The van der Waals surface area contributed by atoms with Crippen molar-refractivity contribution in [2.24, 2.45) is 22.6 Å². The number of hydrogen-bond donors (Lipinski definition) is 2. The van der Waals surface area contributed by atoms with Gasteiger partial charge in [-0.25, -0.2) is 0 Å². The van der Waals surface area contributed by atoms with Crippen LogP contribution in [0.4, 0.5) is 5.69 Å². The van der Waals surface area contributed by atoms with E-state index in [0.29, 0.717) is 11.9 Å². The average Bonchev–Trinajstić information content (AvgIpc) is 2.99. The summed E-state index contributed by atoms with van der Waals surface area (Å²) in [6, 6.07) is 6.45. The number of nitrogens with one attached hydrogen (secondary N) is 1. The molecule has 1 aromatic carbocycles. The molecule has 1 aliphatic heterocycles. The quantitative estimate of drug-likeness (QED) is 0.594. The lowest BCUT2D eigenvalue weighted by molar-refractivity contribution is 0.288. The molecule has 1 heterocycles. The Balaban J connectivity index is 1.93. The second-order valence-electron chi connectivity index (χ2n) is 7.32. The zero-order chi connectivity index (χ0) is 17.5. The molecular formula is C20H34N4. The maximum absolute atomic E-state index is 6.17. The highest BCUT2D eigenvalue weighted by Crippen LogP contribution is 2.22. The molecule has 4 nitrogen and oxygen atoms in total. The predicted molar refractivity (Wildman–Crippen MR) is 105 cm³/mol. The van der Waals surface area contributed by atoms with Gasteiger partial charge in [0.25, 0.3) is 0 Å². The van der Waals surface area contributed by atoms with Gasteiger partial charge >= 0.3 is 0 Å². The SMILES string of the molecule is CCc1cccc(CC)c1NC(N)=NCC1CCN(CC(C)C)C1. The van der Waals surface area contributed by atoms with Crippen LogP contribution < -0.4 is 11.1 Å². The molecule has 2 rings (SSSR count).